The van der Waals surface area contributed by atoms with E-state index in [2.05, 4.69) is 47.4 Å². The van der Waals surface area contributed by atoms with Crippen LogP contribution in [0, 0.1) is 6.92 Å². The van der Waals surface area contributed by atoms with E-state index < -0.39 is 0 Å². The lowest BCUT2D eigenvalue weighted by molar-refractivity contribution is 0.477. The molecule has 0 aliphatic rings. The highest BCUT2D eigenvalue weighted by molar-refractivity contribution is 7.11. The molecule has 3 rings (SSSR count). The van der Waals surface area contributed by atoms with Gasteiger partial charge in [0.25, 0.3) is 0 Å². The van der Waals surface area contributed by atoms with Crippen molar-refractivity contribution < 1.29 is 0 Å². The number of guanidine groups is 1. The van der Waals surface area contributed by atoms with Gasteiger partial charge < -0.3 is 10.2 Å². The first kappa shape index (κ1) is 19.1. The van der Waals surface area contributed by atoms with Gasteiger partial charge in [-0.2, -0.15) is 5.10 Å². The zero-order chi connectivity index (χ0) is 19.1. The minimum absolute atomic E-state index is 0.725. The zero-order valence-corrected chi connectivity index (χ0v) is 16.9. The topological polar surface area (TPSA) is 58.3 Å². The number of hydrogen-bond donors (Lipinski definition) is 1. The number of benzene rings is 1. The van der Waals surface area contributed by atoms with Crippen LogP contribution in [0.2, 0.25) is 0 Å². The van der Waals surface area contributed by atoms with Crippen LogP contribution in [0.25, 0.3) is 5.69 Å². The van der Waals surface area contributed by atoms with Gasteiger partial charge in [-0.25, -0.2) is 9.67 Å². The molecular weight excluding hydrogens is 356 g/mol. The number of para-hydroxylation sites is 1. The molecule has 0 aliphatic carbocycles. The summed E-state index contributed by atoms with van der Waals surface area (Å²) >= 11 is 1.74. The van der Waals surface area contributed by atoms with Crippen molar-refractivity contribution in [3.8, 4) is 5.69 Å². The molecule has 0 fully saturated rings. The number of nitrogens with one attached hydrogen (secondary N) is 1. The number of rotatable bonds is 7. The second kappa shape index (κ2) is 9.32. The quantitative estimate of drug-likeness (QED) is 0.503. The van der Waals surface area contributed by atoms with Crippen molar-refractivity contribution >= 4 is 17.3 Å². The number of aliphatic imine (C=N–C) groups is 1. The summed E-state index contributed by atoms with van der Waals surface area (Å²) in [6.45, 7) is 6.47. The van der Waals surface area contributed by atoms with E-state index in [-0.39, 0.29) is 0 Å². The number of aryl methyl sites for hydroxylation is 1. The highest BCUT2D eigenvalue weighted by atomic mass is 32.1. The van der Waals surface area contributed by atoms with E-state index in [1.807, 2.05) is 47.4 Å². The van der Waals surface area contributed by atoms with Crippen molar-refractivity contribution in [3.05, 3.63) is 64.4 Å². The smallest absolute Gasteiger partial charge is 0.193 e. The van der Waals surface area contributed by atoms with Gasteiger partial charge in [-0.3, -0.25) is 4.99 Å². The highest BCUT2D eigenvalue weighted by Crippen LogP contribution is 2.12. The van der Waals surface area contributed by atoms with E-state index in [1.54, 1.807) is 11.3 Å². The monoisotopic (exact) mass is 382 g/mol. The van der Waals surface area contributed by atoms with Gasteiger partial charge in [0.15, 0.2) is 5.96 Å². The van der Waals surface area contributed by atoms with Crippen molar-refractivity contribution in [1.82, 2.24) is 25.0 Å². The third kappa shape index (κ3) is 5.40. The second-order valence-corrected chi connectivity index (χ2v) is 7.65. The Hall–Kier alpha value is -2.67. The van der Waals surface area contributed by atoms with Gasteiger partial charge in [-0.1, -0.05) is 18.2 Å². The fourth-order valence-electron chi connectivity index (χ4n) is 2.76. The van der Waals surface area contributed by atoms with Crippen LogP contribution in [-0.4, -0.2) is 45.8 Å². The molecule has 0 atom stereocenters. The fourth-order valence-corrected chi connectivity index (χ4v) is 3.53. The van der Waals surface area contributed by atoms with Gasteiger partial charge >= 0.3 is 0 Å². The molecule has 27 heavy (non-hydrogen) atoms. The van der Waals surface area contributed by atoms with E-state index >= 15 is 0 Å². The van der Waals surface area contributed by atoms with Crippen molar-refractivity contribution in [2.45, 2.75) is 26.8 Å². The maximum absolute atomic E-state index is 4.75. The molecule has 0 spiro atoms. The molecule has 6 nitrogen and oxygen atoms in total. The number of aromatic nitrogens is 3. The Bertz CT molecular complexity index is 867. The lowest BCUT2D eigenvalue weighted by atomic mass is 10.3. The van der Waals surface area contributed by atoms with Gasteiger partial charge in [0.1, 0.15) is 0 Å². The second-order valence-electron chi connectivity index (χ2n) is 6.34. The van der Waals surface area contributed by atoms with Crippen LogP contribution >= 0.6 is 11.3 Å². The molecule has 0 amide bonds. The highest BCUT2D eigenvalue weighted by Gasteiger charge is 2.09. The third-order valence-corrected chi connectivity index (χ3v) is 5.00. The predicted octanol–water partition coefficient (Wildman–Crippen LogP) is 3.28. The molecule has 0 saturated carbocycles. The van der Waals surface area contributed by atoms with Crippen LogP contribution < -0.4 is 5.32 Å². The summed E-state index contributed by atoms with van der Waals surface area (Å²) < 4.78 is 1.90. The summed E-state index contributed by atoms with van der Waals surface area (Å²) in [4.78, 5) is 12.5. The lowest BCUT2D eigenvalue weighted by Gasteiger charge is -2.21. The summed E-state index contributed by atoms with van der Waals surface area (Å²) in [6, 6.07) is 10.1. The molecule has 0 saturated heterocycles. The maximum atomic E-state index is 4.75. The summed E-state index contributed by atoms with van der Waals surface area (Å²) in [5.41, 5.74) is 2.20. The van der Waals surface area contributed by atoms with Crippen molar-refractivity contribution in [2.75, 3.05) is 20.1 Å². The normalized spacial score (nSPS) is 11.6. The van der Waals surface area contributed by atoms with Crippen LogP contribution in [0.15, 0.2) is 53.9 Å². The Balaban J connectivity index is 1.61. The average Bonchev–Trinajstić information content (AvgIpc) is 3.31. The summed E-state index contributed by atoms with van der Waals surface area (Å²) in [6.07, 6.45) is 6.76. The number of hydrogen-bond acceptors (Lipinski definition) is 4. The standard InChI is InChI=1S/C20H26N6S/c1-4-21-20(22-11-10-19-23-12-16(2)27-19)25(3)14-17-13-24-26(15-17)18-8-6-5-7-9-18/h5-9,12-13,15H,4,10-11,14H2,1-3H3,(H,21,22). The molecule has 0 unspecified atom stereocenters. The number of nitrogens with zero attached hydrogens (tertiary/aromatic N) is 5. The van der Waals surface area contributed by atoms with Crippen LogP contribution in [0.3, 0.4) is 0 Å². The first-order valence-corrected chi connectivity index (χ1v) is 9.97. The van der Waals surface area contributed by atoms with Gasteiger partial charge in [-0.15, -0.1) is 11.3 Å². The van der Waals surface area contributed by atoms with Gasteiger partial charge in [-0.05, 0) is 26.0 Å². The van der Waals surface area contributed by atoms with E-state index in [0.29, 0.717) is 0 Å². The zero-order valence-electron chi connectivity index (χ0n) is 16.1. The number of thiazole rings is 1. The predicted molar refractivity (Wildman–Crippen MR) is 112 cm³/mol. The van der Waals surface area contributed by atoms with Gasteiger partial charge in [0.2, 0.25) is 0 Å². The van der Waals surface area contributed by atoms with E-state index in [9.17, 15) is 0 Å². The Kier molecular flexibility index (Phi) is 6.59. The molecule has 7 heteroatoms. The molecule has 0 aliphatic heterocycles. The molecule has 3 aromatic rings. The molecular formula is C20H26N6S. The largest absolute Gasteiger partial charge is 0.357 e. The van der Waals surface area contributed by atoms with E-state index in [0.717, 1.165) is 48.3 Å². The Morgan fingerprint density at radius 3 is 2.78 bits per heavy atom. The van der Waals surface area contributed by atoms with E-state index in [1.165, 1.54) is 4.88 Å². The molecule has 0 radical (unpaired) electrons. The van der Waals surface area contributed by atoms with Crippen LogP contribution in [0.5, 0.6) is 0 Å². The molecule has 0 bridgehead atoms. The maximum Gasteiger partial charge on any atom is 0.193 e. The summed E-state index contributed by atoms with van der Waals surface area (Å²) in [7, 11) is 2.05. The SMILES string of the molecule is CCNC(=NCCc1ncc(C)s1)N(C)Cc1cnn(-c2ccccc2)c1. The first-order valence-electron chi connectivity index (χ1n) is 9.15. The molecule has 2 aromatic heterocycles. The minimum Gasteiger partial charge on any atom is -0.357 e. The van der Waals surface area contributed by atoms with Crippen molar-refractivity contribution in [2.24, 2.45) is 4.99 Å². The summed E-state index contributed by atoms with van der Waals surface area (Å²) in [5.74, 6) is 0.901. The first-order chi connectivity index (χ1) is 13.2. The molecule has 142 valence electrons. The van der Waals surface area contributed by atoms with E-state index in [4.69, 9.17) is 4.99 Å². The third-order valence-electron chi connectivity index (χ3n) is 4.03. The van der Waals surface area contributed by atoms with Gasteiger partial charge in [0, 0.05) is 55.9 Å². The molecule has 1 N–H and O–H groups in total. The minimum atomic E-state index is 0.725. The molecule has 2 heterocycles. The average molecular weight is 383 g/mol. The van der Waals surface area contributed by atoms with Crippen molar-refractivity contribution in [1.29, 1.82) is 0 Å². The Morgan fingerprint density at radius 1 is 1.26 bits per heavy atom. The van der Waals surface area contributed by atoms with Crippen LogP contribution in [0.4, 0.5) is 0 Å². The summed E-state index contributed by atoms with van der Waals surface area (Å²) in [5, 5.41) is 8.97. The Morgan fingerprint density at radius 2 is 2.07 bits per heavy atom. The Labute approximate surface area is 164 Å². The fraction of sp³-hybridized carbons (Fsp3) is 0.350. The molecule has 1 aromatic carbocycles. The van der Waals surface area contributed by atoms with Gasteiger partial charge in [0.05, 0.1) is 16.9 Å². The lowest BCUT2D eigenvalue weighted by Crippen LogP contribution is -2.38. The van der Waals surface area contributed by atoms with Crippen LogP contribution in [0.1, 0.15) is 22.4 Å². The van der Waals surface area contributed by atoms with Crippen molar-refractivity contribution in [3.63, 3.8) is 0 Å². The van der Waals surface area contributed by atoms with Crippen LogP contribution in [-0.2, 0) is 13.0 Å².